The average molecular weight is 290 g/mol. The standard InChI is InChI=1S/C17H26N2O2/c1-3-14(12-8-5-7-11-16(12)20)19-15-10-6-4-9-13(15)17(21)18-2/h5,7-8,11,13-15,19-20H,3-4,6,9-10H2,1-2H3,(H,18,21)/t13-,14-,15+/m0/s1. The second-order valence-electron chi connectivity index (χ2n) is 5.80. The smallest absolute Gasteiger partial charge is 0.224 e. The summed E-state index contributed by atoms with van der Waals surface area (Å²) in [6.07, 6.45) is 5.11. The molecule has 116 valence electrons. The van der Waals surface area contributed by atoms with Crippen molar-refractivity contribution in [1.82, 2.24) is 10.6 Å². The van der Waals surface area contributed by atoms with Crippen LogP contribution in [0.5, 0.6) is 5.75 Å². The number of aromatic hydroxyl groups is 1. The first-order valence-electron chi connectivity index (χ1n) is 7.92. The maximum absolute atomic E-state index is 12.1. The highest BCUT2D eigenvalue weighted by Gasteiger charge is 2.32. The van der Waals surface area contributed by atoms with Crippen LogP contribution in [0.3, 0.4) is 0 Å². The van der Waals surface area contributed by atoms with Gasteiger partial charge in [0, 0.05) is 24.7 Å². The van der Waals surface area contributed by atoms with Crippen molar-refractivity contribution in [1.29, 1.82) is 0 Å². The number of hydrogen-bond donors (Lipinski definition) is 3. The third-order valence-corrected chi connectivity index (χ3v) is 4.48. The lowest BCUT2D eigenvalue weighted by molar-refractivity contribution is -0.126. The van der Waals surface area contributed by atoms with Crippen molar-refractivity contribution in [2.45, 2.75) is 51.1 Å². The lowest BCUT2D eigenvalue weighted by Crippen LogP contribution is -2.46. The van der Waals surface area contributed by atoms with E-state index in [4.69, 9.17) is 0 Å². The fourth-order valence-corrected chi connectivity index (χ4v) is 3.30. The van der Waals surface area contributed by atoms with Crippen molar-refractivity contribution in [3.63, 3.8) is 0 Å². The van der Waals surface area contributed by atoms with Gasteiger partial charge in [-0.15, -0.1) is 0 Å². The van der Waals surface area contributed by atoms with Crippen molar-refractivity contribution in [3.05, 3.63) is 29.8 Å². The first-order chi connectivity index (χ1) is 10.2. The van der Waals surface area contributed by atoms with Crippen LogP contribution in [-0.2, 0) is 4.79 Å². The van der Waals surface area contributed by atoms with Crippen LogP contribution in [0, 0.1) is 5.92 Å². The van der Waals surface area contributed by atoms with E-state index in [0.717, 1.165) is 37.7 Å². The third kappa shape index (κ3) is 3.76. The molecule has 1 fully saturated rings. The zero-order chi connectivity index (χ0) is 15.2. The lowest BCUT2D eigenvalue weighted by atomic mass is 9.83. The first kappa shape index (κ1) is 15.8. The summed E-state index contributed by atoms with van der Waals surface area (Å²) in [6.45, 7) is 2.10. The van der Waals surface area contributed by atoms with E-state index in [0.29, 0.717) is 5.75 Å². The van der Waals surface area contributed by atoms with E-state index in [-0.39, 0.29) is 23.9 Å². The minimum atomic E-state index is 0.0312. The van der Waals surface area contributed by atoms with E-state index in [9.17, 15) is 9.90 Å². The Morgan fingerprint density at radius 3 is 2.71 bits per heavy atom. The van der Waals surface area contributed by atoms with Gasteiger partial charge < -0.3 is 15.7 Å². The predicted molar refractivity (Wildman–Crippen MR) is 84.1 cm³/mol. The number of phenolic OH excluding ortho intramolecular Hbond substituents is 1. The Kier molecular flexibility index (Phi) is 5.62. The van der Waals surface area contributed by atoms with Crippen molar-refractivity contribution < 1.29 is 9.90 Å². The van der Waals surface area contributed by atoms with Crippen LogP contribution in [0.1, 0.15) is 50.6 Å². The highest BCUT2D eigenvalue weighted by Crippen LogP contribution is 2.31. The van der Waals surface area contributed by atoms with E-state index in [1.807, 2.05) is 18.2 Å². The van der Waals surface area contributed by atoms with Gasteiger partial charge in [0.15, 0.2) is 0 Å². The molecular weight excluding hydrogens is 264 g/mol. The van der Waals surface area contributed by atoms with Crippen LogP contribution in [0.25, 0.3) is 0 Å². The Balaban J connectivity index is 2.13. The second-order valence-corrected chi connectivity index (χ2v) is 5.80. The fourth-order valence-electron chi connectivity index (χ4n) is 3.30. The van der Waals surface area contributed by atoms with Gasteiger partial charge in [-0.3, -0.25) is 4.79 Å². The average Bonchev–Trinajstić information content (AvgIpc) is 2.53. The molecule has 0 aromatic heterocycles. The van der Waals surface area contributed by atoms with E-state index in [2.05, 4.69) is 17.6 Å². The topological polar surface area (TPSA) is 61.4 Å². The van der Waals surface area contributed by atoms with Crippen LogP contribution in [0.2, 0.25) is 0 Å². The van der Waals surface area contributed by atoms with Gasteiger partial charge in [0.2, 0.25) is 5.91 Å². The SMILES string of the molecule is CC[C@H](N[C@@H]1CCCC[C@@H]1C(=O)NC)c1ccccc1O. The summed E-state index contributed by atoms with van der Waals surface area (Å²) < 4.78 is 0. The molecule has 3 N–H and O–H groups in total. The van der Waals surface area contributed by atoms with Crippen molar-refractivity contribution in [2.24, 2.45) is 5.92 Å². The molecule has 0 unspecified atom stereocenters. The van der Waals surface area contributed by atoms with Gasteiger partial charge in [-0.05, 0) is 25.3 Å². The molecule has 0 aliphatic heterocycles. The predicted octanol–water partition coefficient (Wildman–Crippen LogP) is 2.74. The molecule has 3 atom stereocenters. The van der Waals surface area contributed by atoms with Gasteiger partial charge in [-0.25, -0.2) is 0 Å². The Labute approximate surface area is 126 Å². The van der Waals surface area contributed by atoms with E-state index in [1.165, 1.54) is 0 Å². The minimum Gasteiger partial charge on any atom is -0.508 e. The van der Waals surface area contributed by atoms with Gasteiger partial charge in [0.25, 0.3) is 0 Å². The Bertz CT molecular complexity index is 476. The Morgan fingerprint density at radius 1 is 1.33 bits per heavy atom. The van der Waals surface area contributed by atoms with Crippen molar-refractivity contribution >= 4 is 5.91 Å². The molecule has 1 aromatic rings. The molecule has 1 aromatic carbocycles. The summed E-state index contributed by atoms with van der Waals surface area (Å²) in [5, 5.41) is 16.4. The van der Waals surface area contributed by atoms with Crippen LogP contribution < -0.4 is 10.6 Å². The summed E-state index contributed by atoms with van der Waals surface area (Å²) in [5.74, 6) is 0.479. The van der Waals surface area contributed by atoms with Crippen LogP contribution >= 0.6 is 0 Å². The molecule has 0 saturated heterocycles. The molecule has 1 aliphatic rings. The van der Waals surface area contributed by atoms with Crippen molar-refractivity contribution in [3.8, 4) is 5.75 Å². The Morgan fingerprint density at radius 2 is 2.05 bits per heavy atom. The highest BCUT2D eigenvalue weighted by molar-refractivity contribution is 5.79. The molecule has 2 rings (SSSR count). The quantitative estimate of drug-likeness (QED) is 0.781. The number of carbonyl (C=O) groups is 1. The summed E-state index contributed by atoms with van der Waals surface area (Å²) in [7, 11) is 1.70. The molecule has 1 amide bonds. The molecule has 1 aliphatic carbocycles. The van der Waals surface area contributed by atoms with Gasteiger partial charge >= 0.3 is 0 Å². The van der Waals surface area contributed by atoms with Gasteiger partial charge in [0.05, 0.1) is 5.92 Å². The molecule has 0 bridgehead atoms. The number of para-hydroxylation sites is 1. The van der Waals surface area contributed by atoms with E-state index < -0.39 is 0 Å². The maximum atomic E-state index is 12.1. The number of nitrogens with one attached hydrogen (secondary N) is 2. The number of carbonyl (C=O) groups excluding carboxylic acids is 1. The first-order valence-corrected chi connectivity index (χ1v) is 7.92. The molecular formula is C17H26N2O2. The summed E-state index contributed by atoms with van der Waals surface area (Å²) in [6, 6.07) is 7.71. The zero-order valence-electron chi connectivity index (χ0n) is 12.9. The summed E-state index contributed by atoms with van der Waals surface area (Å²) >= 11 is 0. The van der Waals surface area contributed by atoms with E-state index in [1.54, 1.807) is 13.1 Å². The molecule has 0 radical (unpaired) electrons. The molecule has 4 nitrogen and oxygen atoms in total. The molecule has 4 heteroatoms. The van der Waals surface area contributed by atoms with Crippen LogP contribution in [-0.4, -0.2) is 24.1 Å². The number of phenols is 1. The van der Waals surface area contributed by atoms with Gasteiger partial charge in [-0.1, -0.05) is 38.0 Å². The number of amides is 1. The van der Waals surface area contributed by atoms with Crippen LogP contribution in [0.15, 0.2) is 24.3 Å². The number of benzene rings is 1. The summed E-state index contributed by atoms with van der Waals surface area (Å²) in [4.78, 5) is 12.1. The zero-order valence-corrected chi connectivity index (χ0v) is 12.9. The largest absolute Gasteiger partial charge is 0.508 e. The number of rotatable bonds is 5. The molecule has 0 heterocycles. The molecule has 0 spiro atoms. The monoisotopic (exact) mass is 290 g/mol. The van der Waals surface area contributed by atoms with E-state index >= 15 is 0 Å². The highest BCUT2D eigenvalue weighted by atomic mass is 16.3. The molecule has 21 heavy (non-hydrogen) atoms. The van der Waals surface area contributed by atoms with Gasteiger partial charge in [0.1, 0.15) is 5.75 Å². The second kappa shape index (κ2) is 7.46. The lowest BCUT2D eigenvalue weighted by Gasteiger charge is -2.34. The normalized spacial score (nSPS) is 23.5. The molecule has 1 saturated carbocycles. The third-order valence-electron chi connectivity index (χ3n) is 4.48. The van der Waals surface area contributed by atoms with Gasteiger partial charge in [-0.2, -0.15) is 0 Å². The van der Waals surface area contributed by atoms with Crippen molar-refractivity contribution in [2.75, 3.05) is 7.05 Å². The minimum absolute atomic E-state index is 0.0312. The maximum Gasteiger partial charge on any atom is 0.224 e. The fraction of sp³-hybridized carbons (Fsp3) is 0.588. The summed E-state index contributed by atoms with van der Waals surface area (Å²) in [5.41, 5.74) is 0.918. The van der Waals surface area contributed by atoms with Crippen LogP contribution in [0.4, 0.5) is 0 Å². The number of hydrogen-bond acceptors (Lipinski definition) is 3. The Hall–Kier alpha value is -1.55.